The Hall–Kier alpha value is -2.24. The van der Waals surface area contributed by atoms with Gasteiger partial charge in [0.1, 0.15) is 5.54 Å². The van der Waals surface area contributed by atoms with E-state index in [0.29, 0.717) is 24.1 Å². The van der Waals surface area contributed by atoms with Crippen LogP contribution in [-0.2, 0) is 16.0 Å². The predicted molar refractivity (Wildman–Crippen MR) is 101 cm³/mol. The molecule has 6 heteroatoms. The lowest BCUT2D eigenvalue weighted by Crippen LogP contribution is -2.62. The molecule has 1 saturated carbocycles. The minimum atomic E-state index is -0.603. The van der Waals surface area contributed by atoms with Crippen LogP contribution in [0.4, 0.5) is 0 Å². The molecule has 0 N–H and O–H groups in total. The molecule has 0 radical (unpaired) electrons. The Morgan fingerprint density at radius 1 is 1.11 bits per heavy atom. The summed E-state index contributed by atoms with van der Waals surface area (Å²) in [5.74, 6) is 1.49. The Bertz CT molecular complexity index is 746. The third-order valence-corrected chi connectivity index (χ3v) is 6.23. The van der Waals surface area contributed by atoms with Crippen LogP contribution < -0.4 is 9.47 Å². The van der Waals surface area contributed by atoms with Crippen molar-refractivity contribution in [3.63, 3.8) is 0 Å². The first-order valence-corrected chi connectivity index (χ1v) is 9.91. The summed E-state index contributed by atoms with van der Waals surface area (Å²) in [4.78, 5) is 30.4. The topological polar surface area (TPSA) is 59.1 Å². The number of piperidine rings is 1. The fraction of sp³-hybridized carbons (Fsp3) is 0.619. The minimum absolute atomic E-state index is 0.0331. The molecule has 0 bridgehead atoms. The van der Waals surface area contributed by atoms with Crippen LogP contribution in [0.3, 0.4) is 0 Å². The third-order valence-electron chi connectivity index (χ3n) is 6.23. The molecule has 3 fully saturated rings. The van der Waals surface area contributed by atoms with E-state index in [-0.39, 0.29) is 18.2 Å². The van der Waals surface area contributed by atoms with E-state index in [2.05, 4.69) is 0 Å². The Labute approximate surface area is 160 Å². The number of carbonyl (C=O) groups excluding carboxylic acids is 2. The van der Waals surface area contributed by atoms with Gasteiger partial charge in [0.15, 0.2) is 11.5 Å². The fourth-order valence-corrected chi connectivity index (χ4v) is 4.74. The molecule has 1 spiro atoms. The van der Waals surface area contributed by atoms with Crippen LogP contribution in [0.5, 0.6) is 11.5 Å². The highest BCUT2D eigenvalue weighted by molar-refractivity contribution is 5.93. The zero-order chi connectivity index (χ0) is 19.0. The molecule has 27 heavy (non-hydrogen) atoms. The first-order valence-electron chi connectivity index (χ1n) is 9.91. The molecule has 4 rings (SSSR count). The lowest BCUT2D eigenvalue weighted by Gasteiger charge is -2.44. The molecule has 2 aliphatic heterocycles. The van der Waals surface area contributed by atoms with Gasteiger partial charge in [0.25, 0.3) is 0 Å². The summed E-state index contributed by atoms with van der Waals surface area (Å²) in [5.41, 5.74) is 0.274. The van der Waals surface area contributed by atoms with Crippen LogP contribution in [-0.4, -0.2) is 60.5 Å². The molecule has 1 atom stereocenters. The molecule has 1 aromatic carbocycles. The van der Waals surface area contributed by atoms with Crippen LogP contribution in [0, 0.1) is 0 Å². The van der Waals surface area contributed by atoms with Crippen molar-refractivity contribution in [2.75, 3.05) is 27.3 Å². The standard InChI is InChI=1S/C21H28N2O4/c1-26-17-8-5-15(13-18(17)27-2)14-19(24)23-12-4-10-21(23)9-3-11-22(20(21)25)16-6-7-16/h5,8,13,16H,3-4,6-7,9-12,14H2,1-2H3. The number of carbonyl (C=O) groups is 2. The van der Waals surface area contributed by atoms with Gasteiger partial charge in [-0.2, -0.15) is 0 Å². The Morgan fingerprint density at radius 3 is 2.48 bits per heavy atom. The molecule has 146 valence electrons. The summed E-state index contributed by atoms with van der Waals surface area (Å²) in [6, 6.07) is 5.97. The van der Waals surface area contributed by atoms with Crippen LogP contribution in [0.25, 0.3) is 0 Å². The van der Waals surface area contributed by atoms with Gasteiger partial charge >= 0.3 is 0 Å². The average Bonchev–Trinajstić information content (AvgIpc) is 3.43. The number of amides is 2. The van der Waals surface area contributed by atoms with E-state index in [1.807, 2.05) is 28.0 Å². The Kier molecular flexibility index (Phi) is 4.74. The average molecular weight is 372 g/mol. The molecule has 2 saturated heterocycles. The van der Waals surface area contributed by atoms with Gasteiger partial charge in [0.05, 0.1) is 20.6 Å². The van der Waals surface area contributed by atoms with Gasteiger partial charge in [-0.3, -0.25) is 9.59 Å². The second-order valence-corrected chi connectivity index (χ2v) is 7.88. The number of likely N-dealkylation sites (tertiary alicyclic amines) is 2. The molecular weight excluding hydrogens is 344 g/mol. The highest BCUT2D eigenvalue weighted by Crippen LogP contribution is 2.42. The van der Waals surface area contributed by atoms with Crippen molar-refractivity contribution in [1.29, 1.82) is 0 Å². The number of methoxy groups -OCH3 is 2. The van der Waals surface area contributed by atoms with Gasteiger partial charge < -0.3 is 19.3 Å². The smallest absolute Gasteiger partial charge is 0.248 e. The predicted octanol–water partition coefficient (Wildman–Crippen LogP) is 2.39. The summed E-state index contributed by atoms with van der Waals surface area (Å²) >= 11 is 0. The van der Waals surface area contributed by atoms with E-state index in [1.165, 1.54) is 0 Å². The van der Waals surface area contributed by atoms with E-state index in [1.54, 1.807) is 14.2 Å². The van der Waals surface area contributed by atoms with Gasteiger partial charge in [0.2, 0.25) is 11.8 Å². The van der Waals surface area contributed by atoms with Gasteiger partial charge in [-0.15, -0.1) is 0 Å². The highest BCUT2D eigenvalue weighted by Gasteiger charge is 2.54. The van der Waals surface area contributed by atoms with E-state index in [0.717, 1.165) is 50.6 Å². The Morgan fingerprint density at radius 2 is 1.81 bits per heavy atom. The molecule has 3 aliphatic rings. The van der Waals surface area contributed by atoms with Crippen LogP contribution in [0.2, 0.25) is 0 Å². The van der Waals surface area contributed by atoms with E-state index in [4.69, 9.17) is 9.47 Å². The molecular formula is C21H28N2O4. The quantitative estimate of drug-likeness (QED) is 0.796. The lowest BCUT2D eigenvalue weighted by molar-refractivity contribution is -0.155. The molecule has 1 unspecified atom stereocenters. The second-order valence-electron chi connectivity index (χ2n) is 7.88. The number of hydrogen-bond acceptors (Lipinski definition) is 4. The largest absolute Gasteiger partial charge is 0.493 e. The van der Waals surface area contributed by atoms with Crippen LogP contribution in [0.1, 0.15) is 44.1 Å². The van der Waals surface area contributed by atoms with Gasteiger partial charge in [-0.25, -0.2) is 0 Å². The molecule has 0 aromatic heterocycles. The van der Waals surface area contributed by atoms with Crippen molar-refractivity contribution in [3.8, 4) is 11.5 Å². The summed E-state index contributed by atoms with van der Waals surface area (Å²) < 4.78 is 10.6. The zero-order valence-electron chi connectivity index (χ0n) is 16.2. The number of ether oxygens (including phenoxy) is 2. The lowest BCUT2D eigenvalue weighted by atomic mass is 9.85. The Balaban J connectivity index is 1.53. The summed E-state index contributed by atoms with van der Waals surface area (Å²) in [6.07, 6.45) is 5.99. The van der Waals surface area contributed by atoms with Crippen molar-refractivity contribution in [3.05, 3.63) is 23.8 Å². The van der Waals surface area contributed by atoms with Crippen molar-refractivity contribution >= 4 is 11.8 Å². The second kappa shape index (κ2) is 7.06. The van der Waals surface area contributed by atoms with E-state index < -0.39 is 5.54 Å². The normalized spacial score (nSPS) is 25.2. The molecule has 2 heterocycles. The van der Waals surface area contributed by atoms with E-state index in [9.17, 15) is 9.59 Å². The summed E-state index contributed by atoms with van der Waals surface area (Å²) in [5, 5.41) is 0. The highest BCUT2D eigenvalue weighted by atomic mass is 16.5. The first kappa shape index (κ1) is 18.1. The van der Waals surface area contributed by atoms with E-state index >= 15 is 0 Å². The third kappa shape index (κ3) is 3.15. The maximum Gasteiger partial charge on any atom is 0.248 e. The van der Waals surface area contributed by atoms with Crippen LogP contribution in [0.15, 0.2) is 18.2 Å². The monoisotopic (exact) mass is 372 g/mol. The SMILES string of the molecule is COc1ccc(CC(=O)N2CCCC23CCCN(C2CC2)C3=O)cc1OC. The molecule has 2 amide bonds. The van der Waals surface area contributed by atoms with Crippen LogP contribution >= 0.6 is 0 Å². The number of hydrogen-bond donors (Lipinski definition) is 0. The number of benzene rings is 1. The molecule has 6 nitrogen and oxygen atoms in total. The molecule has 1 aromatic rings. The summed E-state index contributed by atoms with van der Waals surface area (Å²) in [7, 11) is 3.18. The summed E-state index contributed by atoms with van der Waals surface area (Å²) in [6.45, 7) is 1.53. The van der Waals surface area contributed by atoms with Gasteiger partial charge in [-0.1, -0.05) is 6.07 Å². The zero-order valence-corrected chi connectivity index (χ0v) is 16.2. The molecule has 1 aliphatic carbocycles. The van der Waals surface area contributed by atoms with Crippen molar-refractivity contribution in [1.82, 2.24) is 9.80 Å². The number of nitrogens with zero attached hydrogens (tertiary/aromatic N) is 2. The van der Waals surface area contributed by atoms with Gasteiger partial charge in [-0.05, 0) is 56.2 Å². The maximum absolute atomic E-state index is 13.3. The van der Waals surface area contributed by atoms with Crippen molar-refractivity contribution < 1.29 is 19.1 Å². The number of rotatable bonds is 5. The maximum atomic E-state index is 13.3. The van der Waals surface area contributed by atoms with Crippen molar-refractivity contribution in [2.45, 2.75) is 56.5 Å². The minimum Gasteiger partial charge on any atom is -0.493 e. The van der Waals surface area contributed by atoms with Gasteiger partial charge in [0, 0.05) is 19.1 Å². The fourth-order valence-electron chi connectivity index (χ4n) is 4.74. The van der Waals surface area contributed by atoms with Crippen molar-refractivity contribution in [2.24, 2.45) is 0 Å². The first-order chi connectivity index (χ1) is 13.1.